The Hall–Kier alpha value is -2.53. The fraction of sp³-hybridized carbons (Fsp3) is 0.565. The molecule has 0 spiro atoms. The quantitative estimate of drug-likeness (QED) is 0.589. The monoisotopic (exact) mass is 460 g/mol. The zero-order chi connectivity index (χ0) is 23.4. The van der Waals surface area contributed by atoms with Crippen LogP contribution < -0.4 is 15.5 Å². The molecule has 2 N–H and O–H groups in total. The zero-order valence-corrected chi connectivity index (χ0v) is 19.5. The summed E-state index contributed by atoms with van der Waals surface area (Å²) in [6.45, 7) is 5.56. The molecule has 0 radical (unpaired) electrons. The van der Waals surface area contributed by atoms with Crippen LogP contribution in [0.25, 0.3) is 11.1 Å². The van der Waals surface area contributed by atoms with E-state index in [4.69, 9.17) is 19.9 Å². The molecule has 2 atom stereocenters. The van der Waals surface area contributed by atoms with E-state index in [0.29, 0.717) is 61.4 Å². The second-order valence-electron chi connectivity index (χ2n) is 8.48. The van der Waals surface area contributed by atoms with Crippen LogP contribution in [0, 0.1) is 5.82 Å². The molecule has 4 rings (SSSR count). The summed E-state index contributed by atoms with van der Waals surface area (Å²) in [6.07, 6.45) is 3.29. The third-order valence-corrected chi connectivity index (χ3v) is 6.45. The first-order chi connectivity index (χ1) is 16.0. The van der Waals surface area contributed by atoms with E-state index in [9.17, 15) is 0 Å². The summed E-state index contributed by atoms with van der Waals surface area (Å²) in [6, 6.07) is 3.33. The van der Waals surface area contributed by atoms with Crippen LogP contribution >= 0.6 is 0 Å². The fourth-order valence-electron chi connectivity index (χ4n) is 4.47. The number of anilines is 3. The molecule has 2 unspecified atom stereocenters. The summed E-state index contributed by atoms with van der Waals surface area (Å²) in [5.41, 5.74) is 8.57. The van der Waals surface area contributed by atoms with Gasteiger partial charge in [0.1, 0.15) is 5.82 Å². The molecular formula is C23H33FN6O3. The van der Waals surface area contributed by atoms with Gasteiger partial charge < -0.3 is 29.7 Å². The van der Waals surface area contributed by atoms with Crippen molar-refractivity contribution in [2.75, 3.05) is 89.3 Å². The number of hydrogen-bond acceptors (Lipinski definition) is 9. The van der Waals surface area contributed by atoms with Crippen LogP contribution in [0.2, 0.25) is 0 Å². The summed E-state index contributed by atoms with van der Waals surface area (Å²) < 4.78 is 31.5. The minimum absolute atomic E-state index is 0.00451. The number of rotatable bonds is 8. The van der Waals surface area contributed by atoms with Gasteiger partial charge in [-0.15, -0.1) is 0 Å². The summed E-state index contributed by atoms with van der Waals surface area (Å²) in [5.74, 6) is 0.269. The molecule has 0 bridgehead atoms. The van der Waals surface area contributed by atoms with Crippen molar-refractivity contribution in [2.24, 2.45) is 0 Å². The fourth-order valence-corrected chi connectivity index (χ4v) is 4.47. The number of halogens is 1. The Morgan fingerprint density at radius 2 is 1.88 bits per heavy atom. The number of likely N-dealkylation sites (N-methyl/N-ethyl adjacent to an activating group) is 1. The van der Waals surface area contributed by atoms with Crippen molar-refractivity contribution in [1.29, 1.82) is 0 Å². The van der Waals surface area contributed by atoms with E-state index in [1.165, 1.54) is 6.07 Å². The Kier molecular flexibility index (Phi) is 7.59. The van der Waals surface area contributed by atoms with E-state index >= 15 is 4.39 Å². The lowest BCUT2D eigenvalue weighted by Gasteiger charge is -2.27. The first-order valence-electron chi connectivity index (χ1n) is 11.2. The van der Waals surface area contributed by atoms with Gasteiger partial charge in [0.2, 0.25) is 5.95 Å². The van der Waals surface area contributed by atoms with Crippen molar-refractivity contribution in [3.63, 3.8) is 0 Å². The molecule has 2 fully saturated rings. The molecule has 2 aromatic rings. The molecule has 3 heterocycles. The minimum Gasteiger partial charge on any atom is -0.397 e. The van der Waals surface area contributed by atoms with Crippen molar-refractivity contribution >= 4 is 17.3 Å². The summed E-state index contributed by atoms with van der Waals surface area (Å²) in [5, 5.41) is 0. The van der Waals surface area contributed by atoms with Gasteiger partial charge >= 0.3 is 0 Å². The molecule has 2 aliphatic rings. The number of methoxy groups -OCH3 is 2. The molecule has 0 saturated carbocycles. The van der Waals surface area contributed by atoms with E-state index in [-0.39, 0.29) is 18.0 Å². The molecule has 2 aliphatic heterocycles. The molecular weight excluding hydrogens is 427 g/mol. The van der Waals surface area contributed by atoms with Crippen LogP contribution in [-0.2, 0) is 14.2 Å². The van der Waals surface area contributed by atoms with E-state index < -0.39 is 0 Å². The molecule has 9 nitrogen and oxygen atoms in total. The maximum absolute atomic E-state index is 15.2. The Labute approximate surface area is 194 Å². The number of ether oxygens (including phenoxy) is 3. The Morgan fingerprint density at radius 3 is 2.55 bits per heavy atom. The van der Waals surface area contributed by atoms with Crippen LogP contribution in [0.5, 0.6) is 0 Å². The molecule has 180 valence electrons. The first-order valence-corrected chi connectivity index (χ1v) is 11.2. The van der Waals surface area contributed by atoms with E-state index in [2.05, 4.69) is 24.7 Å². The number of benzene rings is 1. The smallest absolute Gasteiger partial charge is 0.225 e. The predicted octanol–water partition coefficient (Wildman–Crippen LogP) is 1.48. The first kappa shape index (κ1) is 23.6. The third kappa shape index (κ3) is 5.19. The number of hydrogen-bond donors (Lipinski definition) is 1. The highest BCUT2D eigenvalue weighted by atomic mass is 19.1. The highest BCUT2D eigenvalue weighted by Crippen LogP contribution is 2.35. The SMILES string of the molecule is COCCN(C)C1CN(c2cc(F)c(-c3cnc(N4CCOCC4)nc3)cc2N)CC1OC. The third-order valence-electron chi connectivity index (χ3n) is 6.45. The lowest BCUT2D eigenvalue weighted by molar-refractivity contribution is 0.0442. The predicted molar refractivity (Wildman–Crippen MR) is 126 cm³/mol. The van der Waals surface area contributed by atoms with Crippen LogP contribution in [0.1, 0.15) is 0 Å². The number of nitrogens with zero attached hydrogens (tertiary/aromatic N) is 5. The molecule has 33 heavy (non-hydrogen) atoms. The molecule has 0 amide bonds. The number of aromatic nitrogens is 2. The lowest BCUT2D eigenvalue weighted by atomic mass is 10.1. The normalized spacial score (nSPS) is 21.2. The van der Waals surface area contributed by atoms with Crippen molar-refractivity contribution in [3.8, 4) is 11.1 Å². The minimum atomic E-state index is -0.355. The molecule has 2 saturated heterocycles. The summed E-state index contributed by atoms with van der Waals surface area (Å²) >= 11 is 0. The molecule has 1 aromatic carbocycles. The van der Waals surface area contributed by atoms with Gasteiger partial charge in [-0.2, -0.15) is 0 Å². The van der Waals surface area contributed by atoms with Gasteiger partial charge in [0.25, 0.3) is 0 Å². The molecule has 1 aromatic heterocycles. The van der Waals surface area contributed by atoms with Crippen molar-refractivity contribution in [2.45, 2.75) is 12.1 Å². The maximum Gasteiger partial charge on any atom is 0.225 e. The lowest BCUT2D eigenvalue weighted by Crippen LogP contribution is -2.43. The van der Waals surface area contributed by atoms with Crippen LogP contribution in [0.15, 0.2) is 24.5 Å². The Balaban J connectivity index is 1.51. The van der Waals surface area contributed by atoms with E-state index in [1.807, 2.05) is 7.05 Å². The standard InChI is InChI=1S/C23H33FN6O3/c1-28(4-7-31-2)21-14-30(15-22(21)32-3)20-11-18(24)17(10-19(20)25)16-12-26-23(27-13-16)29-5-8-33-9-6-29/h10-13,21-22H,4-9,14-15,25H2,1-3H3. The Bertz CT molecular complexity index is 925. The average Bonchev–Trinajstić information content (AvgIpc) is 3.29. The van der Waals surface area contributed by atoms with Crippen LogP contribution in [0.4, 0.5) is 21.7 Å². The van der Waals surface area contributed by atoms with Gasteiger partial charge in [-0.3, -0.25) is 4.90 Å². The highest BCUT2D eigenvalue weighted by molar-refractivity contribution is 5.77. The Morgan fingerprint density at radius 1 is 1.15 bits per heavy atom. The van der Waals surface area contributed by atoms with Gasteiger partial charge in [-0.25, -0.2) is 14.4 Å². The van der Waals surface area contributed by atoms with Gasteiger partial charge in [-0.1, -0.05) is 0 Å². The second-order valence-corrected chi connectivity index (χ2v) is 8.48. The van der Waals surface area contributed by atoms with Crippen LogP contribution in [-0.4, -0.2) is 101 Å². The van der Waals surface area contributed by atoms with Gasteiger partial charge in [0.05, 0.1) is 43.3 Å². The number of nitrogens with two attached hydrogens (primary N) is 1. The van der Waals surface area contributed by atoms with Crippen molar-refractivity contribution < 1.29 is 18.6 Å². The average molecular weight is 461 g/mol. The van der Waals surface area contributed by atoms with E-state index in [1.54, 1.807) is 32.7 Å². The van der Waals surface area contributed by atoms with Crippen molar-refractivity contribution in [3.05, 3.63) is 30.3 Å². The maximum atomic E-state index is 15.2. The van der Waals surface area contributed by atoms with E-state index in [0.717, 1.165) is 19.6 Å². The summed E-state index contributed by atoms with van der Waals surface area (Å²) in [4.78, 5) is 15.2. The van der Waals surface area contributed by atoms with Crippen molar-refractivity contribution in [1.82, 2.24) is 14.9 Å². The van der Waals surface area contributed by atoms with Gasteiger partial charge in [0, 0.05) is 70.5 Å². The molecule has 0 aliphatic carbocycles. The number of morpholine rings is 1. The topological polar surface area (TPSA) is 89.2 Å². The van der Waals surface area contributed by atoms with Crippen LogP contribution in [0.3, 0.4) is 0 Å². The summed E-state index contributed by atoms with van der Waals surface area (Å²) in [7, 11) is 5.45. The second kappa shape index (κ2) is 10.6. The van der Waals surface area contributed by atoms with Gasteiger partial charge in [-0.05, 0) is 19.2 Å². The number of nitrogen functional groups attached to an aromatic ring is 1. The highest BCUT2D eigenvalue weighted by Gasteiger charge is 2.36. The zero-order valence-electron chi connectivity index (χ0n) is 19.5. The molecule has 10 heteroatoms. The largest absolute Gasteiger partial charge is 0.397 e. The van der Waals surface area contributed by atoms with Gasteiger partial charge in [0.15, 0.2) is 0 Å².